The van der Waals surface area contributed by atoms with Crippen LogP contribution in [0.3, 0.4) is 0 Å². The second-order valence-corrected chi connectivity index (χ2v) is 7.25. The first-order valence-electron chi connectivity index (χ1n) is 9.84. The Kier molecular flexibility index (Phi) is 4.45. The monoisotopic (exact) mass is 370 g/mol. The molecule has 0 amide bonds. The molecule has 2 heterocycles. The van der Waals surface area contributed by atoms with E-state index in [2.05, 4.69) is 27.8 Å². The first-order valence-corrected chi connectivity index (χ1v) is 9.84. The van der Waals surface area contributed by atoms with E-state index in [9.17, 15) is 0 Å². The minimum atomic E-state index is 0.380. The first-order chi connectivity index (χ1) is 13.9. The predicted octanol–water partition coefficient (Wildman–Crippen LogP) is 4.62. The number of hydrogen-bond acceptors (Lipinski definition) is 5. The van der Waals surface area contributed by atoms with Crippen molar-refractivity contribution in [2.45, 2.75) is 38.3 Å². The third-order valence-electron chi connectivity index (χ3n) is 5.33. The highest BCUT2D eigenvalue weighted by Gasteiger charge is 2.23. The minimum absolute atomic E-state index is 0.380. The summed E-state index contributed by atoms with van der Waals surface area (Å²) in [6, 6.07) is 20.8. The van der Waals surface area contributed by atoms with Gasteiger partial charge in [0, 0.05) is 12.1 Å². The molecule has 28 heavy (non-hydrogen) atoms. The molecule has 1 aliphatic rings. The van der Waals surface area contributed by atoms with E-state index >= 15 is 0 Å². The van der Waals surface area contributed by atoms with E-state index < -0.39 is 0 Å². The highest BCUT2D eigenvalue weighted by molar-refractivity contribution is 5.84. The molecular weight excluding hydrogens is 348 g/mol. The Labute approximate surface area is 163 Å². The summed E-state index contributed by atoms with van der Waals surface area (Å²) in [4.78, 5) is 9.64. The summed E-state index contributed by atoms with van der Waals surface area (Å²) < 4.78 is 2.00. The lowest BCUT2D eigenvalue weighted by atomic mass is 10.2. The molecule has 1 aliphatic carbocycles. The van der Waals surface area contributed by atoms with Gasteiger partial charge >= 0.3 is 0 Å². The van der Waals surface area contributed by atoms with Crippen molar-refractivity contribution in [3.05, 3.63) is 66.2 Å². The van der Waals surface area contributed by atoms with Crippen LogP contribution in [-0.4, -0.2) is 25.0 Å². The molecular formula is C22H22N6. The molecule has 2 aromatic carbocycles. The van der Waals surface area contributed by atoms with Crippen molar-refractivity contribution in [3.8, 4) is 11.4 Å². The highest BCUT2D eigenvalue weighted by Crippen LogP contribution is 2.32. The van der Waals surface area contributed by atoms with Gasteiger partial charge in [0.2, 0.25) is 0 Å². The molecule has 1 N–H and O–H groups in total. The van der Waals surface area contributed by atoms with Gasteiger partial charge in [-0.05, 0) is 18.4 Å². The third-order valence-corrected chi connectivity index (χ3v) is 5.33. The maximum Gasteiger partial charge on any atom is 0.184 e. The van der Waals surface area contributed by atoms with Gasteiger partial charge in [-0.15, -0.1) is 5.10 Å². The summed E-state index contributed by atoms with van der Waals surface area (Å²) >= 11 is 0. The third kappa shape index (κ3) is 3.22. The normalized spacial score (nSPS) is 14.6. The number of nitrogens with zero attached hydrogens (tertiary/aromatic N) is 5. The van der Waals surface area contributed by atoms with E-state index in [-0.39, 0.29) is 0 Å². The minimum Gasteiger partial charge on any atom is -0.364 e. The number of benzene rings is 2. The topological polar surface area (TPSA) is 68.5 Å². The van der Waals surface area contributed by atoms with E-state index in [4.69, 9.17) is 9.97 Å². The zero-order chi connectivity index (χ0) is 18.8. The lowest BCUT2D eigenvalue weighted by Gasteiger charge is -2.11. The fourth-order valence-corrected chi connectivity index (χ4v) is 3.85. The smallest absolute Gasteiger partial charge is 0.184 e. The number of rotatable bonds is 5. The van der Waals surface area contributed by atoms with Gasteiger partial charge in [-0.3, -0.25) is 0 Å². The predicted molar refractivity (Wildman–Crippen MR) is 110 cm³/mol. The fraction of sp³-hybridized carbons (Fsp3) is 0.273. The SMILES string of the molecule is c1ccc(CNc2nc(-c3ccccc3)nc3c2nnn3C2CCCC2)cc1. The van der Waals surface area contributed by atoms with Crippen LogP contribution in [0.25, 0.3) is 22.6 Å². The van der Waals surface area contributed by atoms with Crippen molar-refractivity contribution in [1.29, 1.82) is 0 Å². The summed E-state index contributed by atoms with van der Waals surface area (Å²) in [6.07, 6.45) is 4.75. The van der Waals surface area contributed by atoms with Crippen molar-refractivity contribution < 1.29 is 0 Å². The molecule has 140 valence electrons. The molecule has 0 atom stereocenters. The molecule has 1 saturated carbocycles. The van der Waals surface area contributed by atoms with E-state index in [1.165, 1.54) is 18.4 Å². The second-order valence-electron chi connectivity index (χ2n) is 7.25. The summed E-state index contributed by atoms with van der Waals surface area (Å²) in [5, 5.41) is 12.3. The van der Waals surface area contributed by atoms with Crippen LogP contribution >= 0.6 is 0 Å². The molecule has 4 aromatic rings. The molecule has 5 rings (SSSR count). The number of nitrogens with one attached hydrogen (secondary N) is 1. The maximum atomic E-state index is 4.85. The van der Waals surface area contributed by atoms with Crippen molar-refractivity contribution in [2.75, 3.05) is 5.32 Å². The standard InChI is InChI=1S/C22H22N6/c1-3-9-16(10-4-1)15-23-21-19-22(28(27-26-19)18-13-7-8-14-18)25-20(24-21)17-11-5-2-6-12-17/h1-6,9-12,18H,7-8,13-15H2,(H,23,24,25). The van der Waals surface area contributed by atoms with Crippen LogP contribution < -0.4 is 5.32 Å². The van der Waals surface area contributed by atoms with E-state index in [1.54, 1.807) is 0 Å². The molecule has 0 spiro atoms. The average molecular weight is 370 g/mol. The van der Waals surface area contributed by atoms with Crippen molar-refractivity contribution in [3.63, 3.8) is 0 Å². The highest BCUT2D eigenvalue weighted by atomic mass is 15.5. The quantitative estimate of drug-likeness (QED) is 0.555. The summed E-state index contributed by atoms with van der Waals surface area (Å²) in [7, 11) is 0. The number of aromatic nitrogens is 5. The van der Waals surface area contributed by atoms with Crippen LogP contribution in [0, 0.1) is 0 Å². The number of hydrogen-bond donors (Lipinski definition) is 1. The number of anilines is 1. The van der Waals surface area contributed by atoms with E-state index in [0.29, 0.717) is 18.4 Å². The van der Waals surface area contributed by atoms with Gasteiger partial charge in [-0.25, -0.2) is 14.6 Å². The van der Waals surface area contributed by atoms with Crippen LogP contribution in [-0.2, 0) is 6.54 Å². The molecule has 6 nitrogen and oxygen atoms in total. The Morgan fingerprint density at radius 3 is 2.36 bits per heavy atom. The maximum absolute atomic E-state index is 4.85. The van der Waals surface area contributed by atoms with Crippen LogP contribution in [0.15, 0.2) is 60.7 Å². The zero-order valence-electron chi connectivity index (χ0n) is 15.6. The fourth-order valence-electron chi connectivity index (χ4n) is 3.85. The second kappa shape index (κ2) is 7.38. The Hall–Kier alpha value is -3.28. The molecule has 6 heteroatoms. The average Bonchev–Trinajstić information content (AvgIpc) is 3.43. The van der Waals surface area contributed by atoms with Gasteiger partial charge in [0.15, 0.2) is 22.8 Å². The Morgan fingerprint density at radius 1 is 0.893 bits per heavy atom. The van der Waals surface area contributed by atoms with Gasteiger partial charge in [0.25, 0.3) is 0 Å². The molecule has 0 saturated heterocycles. The summed E-state index contributed by atoms with van der Waals surface area (Å²) in [6.45, 7) is 0.678. The Bertz CT molecular complexity index is 1070. The molecule has 0 aliphatic heterocycles. The molecule has 0 bridgehead atoms. The van der Waals surface area contributed by atoms with E-state index in [0.717, 1.165) is 35.4 Å². The van der Waals surface area contributed by atoms with Crippen molar-refractivity contribution in [1.82, 2.24) is 25.0 Å². The lowest BCUT2D eigenvalue weighted by molar-refractivity contribution is 0.464. The summed E-state index contributed by atoms with van der Waals surface area (Å²) in [5.74, 6) is 1.43. The van der Waals surface area contributed by atoms with Gasteiger partial charge in [0.1, 0.15) is 0 Å². The molecule has 0 radical (unpaired) electrons. The van der Waals surface area contributed by atoms with Crippen LogP contribution in [0.4, 0.5) is 5.82 Å². The Balaban J connectivity index is 1.58. The van der Waals surface area contributed by atoms with Crippen molar-refractivity contribution in [2.24, 2.45) is 0 Å². The van der Waals surface area contributed by atoms with Crippen LogP contribution in [0.1, 0.15) is 37.3 Å². The first kappa shape index (κ1) is 16.9. The van der Waals surface area contributed by atoms with E-state index in [1.807, 2.05) is 53.2 Å². The van der Waals surface area contributed by atoms with Gasteiger partial charge in [-0.1, -0.05) is 78.7 Å². The van der Waals surface area contributed by atoms with Crippen molar-refractivity contribution >= 4 is 17.0 Å². The molecule has 1 fully saturated rings. The lowest BCUT2D eigenvalue weighted by Crippen LogP contribution is -2.09. The van der Waals surface area contributed by atoms with Gasteiger partial charge in [-0.2, -0.15) is 0 Å². The molecule has 2 aromatic heterocycles. The summed E-state index contributed by atoms with van der Waals surface area (Å²) in [5.41, 5.74) is 3.74. The van der Waals surface area contributed by atoms with Gasteiger partial charge in [0.05, 0.1) is 6.04 Å². The molecule has 0 unspecified atom stereocenters. The van der Waals surface area contributed by atoms with Crippen LogP contribution in [0.2, 0.25) is 0 Å². The van der Waals surface area contributed by atoms with Gasteiger partial charge < -0.3 is 5.32 Å². The largest absolute Gasteiger partial charge is 0.364 e. The van der Waals surface area contributed by atoms with Crippen LogP contribution in [0.5, 0.6) is 0 Å². The number of fused-ring (bicyclic) bond motifs is 1. The zero-order valence-corrected chi connectivity index (χ0v) is 15.6. The Morgan fingerprint density at radius 2 is 1.61 bits per heavy atom.